The number of nitrogens with one attached hydrogen (secondary N) is 1. The molecule has 1 aromatic carbocycles. The average Bonchev–Trinajstić information content (AvgIpc) is 2.77. The summed E-state index contributed by atoms with van der Waals surface area (Å²) in [6.07, 6.45) is 4.14. The quantitative estimate of drug-likeness (QED) is 0.269. The fourth-order valence-corrected chi connectivity index (χ4v) is 3.51. The van der Waals surface area contributed by atoms with Crippen LogP contribution in [-0.2, 0) is 0 Å². The first kappa shape index (κ1) is 23.3. The zero-order valence-electron chi connectivity index (χ0n) is 17.5. The Morgan fingerprint density at radius 2 is 1.76 bits per heavy atom. The van der Waals surface area contributed by atoms with E-state index in [4.69, 9.17) is 0 Å². The van der Waals surface area contributed by atoms with Crippen LogP contribution in [0.25, 0.3) is 0 Å². The molecule has 1 aliphatic heterocycles. The number of halogens is 1. The van der Waals surface area contributed by atoms with E-state index in [0.29, 0.717) is 0 Å². The second kappa shape index (κ2) is 12.5. The van der Waals surface area contributed by atoms with Gasteiger partial charge in [0.2, 0.25) is 0 Å². The SMILES string of the molecule is CN=C(NCCCCN(C)c1ccccc1)N1CCN(c2ccccn2)CC1.I. The van der Waals surface area contributed by atoms with Crippen LogP contribution in [-0.4, -0.2) is 69.2 Å². The number of nitrogens with zero attached hydrogens (tertiary/aromatic N) is 5. The maximum absolute atomic E-state index is 4.48. The second-order valence-electron chi connectivity index (χ2n) is 7.10. The van der Waals surface area contributed by atoms with E-state index in [1.807, 2.05) is 25.4 Å². The Hall–Kier alpha value is -2.03. The van der Waals surface area contributed by atoms with Crippen molar-refractivity contribution >= 4 is 41.4 Å². The number of benzene rings is 1. The number of guanidine groups is 1. The Morgan fingerprint density at radius 1 is 1.03 bits per heavy atom. The van der Waals surface area contributed by atoms with E-state index in [2.05, 4.69) is 73.4 Å². The third-order valence-corrected chi connectivity index (χ3v) is 5.16. The predicted molar refractivity (Wildman–Crippen MR) is 134 cm³/mol. The van der Waals surface area contributed by atoms with Crippen molar-refractivity contribution in [1.82, 2.24) is 15.2 Å². The lowest BCUT2D eigenvalue weighted by Gasteiger charge is -2.37. The molecule has 1 aliphatic rings. The minimum atomic E-state index is 0. The summed E-state index contributed by atoms with van der Waals surface area (Å²) in [6, 6.07) is 16.6. The van der Waals surface area contributed by atoms with Crippen LogP contribution in [0.3, 0.4) is 0 Å². The van der Waals surface area contributed by atoms with Gasteiger partial charge in [-0.05, 0) is 37.1 Å². The predicted octanol–water partition coefficient (Wildman–Crippen LogP) is 3.31. The molecule has 2 aromatic rings. The Kier molecular flexibility index (Phi) is 10.0. The van der Waals surface area contributed by atoms with Gasteiger partial charge in [0.25, 0.3) is 0 Å². The molecule has 0 bridgehead atoms. The minimum Gasteiger partial charge on any atom is -0.375 e. The zero-order chi connectivity index (χ0) is 19.6. The fourth-order valence-electron chi connectivity index (χ4n) is 3.51. The van der Waals surface area contributed by atoms with Crippen LogP contribution in [0.5, 0.6) is 0 Å². The van der Waals surface area contributed by atoms with Crippen LogP contribution in [0.15, 0.2) is 59.7 Å². The molecule has 0 aliphatic carbocycles. The van der Waals surface area contributed by atoms with Crippen molar-refractivity contribution in [3.8, 4) is 0 Å². The summed E-state index contributed by atoms with van der Waals surface area (Å²) in [4.78, 5) is 15.9. The van der Waals surface area contributed by atoms with Gasteiger partial charge in [-0.3, -0.25) is 4.99 Å². The van der Waals surface area contributed by atoms with Gasteiger partial charge < -0.3 is 20.0 Å². The van der Waals surface area contributed by atoms with E-state index >= 15 is 0 Å². The first-order valence-corrected chi connectivity index (χ1v) is 10.2. The molecule has 0 amide bonds. The van der Waals surface area contributed by atoms with Gasteiger partial charge in [0, 0.05) is 65.2 Å². The molecule has 0 unspecified atom stereocenters. The summed E-state index contributed by atoms with van der Waals surface area (Å²) >= 11 is 0. The van der Waals surface area contributed by atoms with E-state index in [9.17, 15) is 0 Å². The molecule has 29 heavy (non-hydrogen) atoms. The third-order valence-electron chi connectivity index (χ3n) is 5.16. The van der Waals surface area contributed by atoms with Crippen LogP contribution in [0, 0.1) is 0 Å². The van der Waals surface area contributed by atoms with Gasteiger partial charge in [0.05, 0.1) is 0 Å². The average molecular weight is 508 g/mol. The number of hydrogen-bond donors (Lipinski definition) is 1. The summed E-state index contributed by atoms with van der Waals surface area (Å²) < 4.78 is 0. The van der Waals surface area contributed by atoms with Crippen LogP contribution >= 0.6 is 24.0 Å². The van der Waals surface area contributed by atoms with Crippen LogP contribution in [0.4, 0.5) is 11.5 Å². The van der Waals surface area contributed by atoms with Crippen molar-refractivity contribution < 1.29 is 0 Å². The van der Waals surface area contributed by atoms with Crippen LogP contribution in [0.1, 0.15) is 12.8 Å². The van der Waals surface area contributed by atoms with E-state index in [1.54, 1.807) is 0 Å². The molecule has 6 nitrogen and oxygen atoms in total. The standard InChI is InChI=1S/C22H32N6.HI/c1-23-22(25-14-8-9-15-26(2)20-10-4-3-5-11-20)28-18-16-27(17-19-28)21-12-6-7-13-24-21;/h3-7,10-13H,8-9,14-19H2,1-2H3,(H,23,25);1H. The van der Waals surface area contributed by atoms with Crippen molar-refractivity contribution in [2.75, 3.05) is 63.2 Å². The highest BCUT2D eigenvalue weighted by atomic mass is 127. The molecule has 158 valence electrons. The second-order valence-corrected chi connectivity index (χ2v) is 7.10. The summed E-state index contributed by atoms with van der Waals surface area (Å²) in [6.45, 7) is 5.89. The van der Waals surface area contributed by atoms with E-state index in [-0.39, 0.29) is 24.0 Å². The number of para-hydroxylation sites is 1. The number of aromatic nitrogens is 1. The molecule has 1 aromatic heterocycles. The van der Waals surface area contributed by atoms with Gasteiger partial charge >= 0.3 is 0 Å². The van der Waals surface area contributed by atoms with Gasteiger partial charge in [-0.2, -0.15) is 0 Å². The van der Waals surface area contributed by atoms with E-state index in [0.717, 1.165) is 63.9 Å². The van der Waals surface area contributed by atoms with Crippen molar-refractivity contribution in [3.63, 3.8) is 0 Å². The molecule has 2 heterocycles. The normalized spacial score (nSPS) is 14.3. The van der Waals surface area contributed by atoms with Crippen molar-refractivity contribution in [2.24, 2.45) is 4.99 Å². The molecule has 0 radical (unpaired) electrons. The molecule has 1 fully saturated rings. The van der Waals surface area contributed by atoms with Crippen molar-refractivity contribution in [2.45, 2.75) is 12.8 Å². The molecular formula is C22H33IN6. The Bertz CT molecular complexity index is 717. The van der Waals surface area contributed by atoms with Crippen molar-refractivity contribution in [3.05, 3.63) is 54.7 Å². The lowest BCUT2D eigenvalue weighted by Crippen LogP contribution is -2.52. The molecule has 0 atom stereocenters. The first-order valence-electron chi connectivity index (χ1n) is 10.2. The van der Waals surface area contributed by atoms with E-state index < -0.39 is 0 Å². The first-order chi connectivity index (χ1) is 13.8. The monoisotopic (exact) mass is 508 g/mol. The van der Waals surface area contributed by atoms with Crippen LogP contribution in [0.2, 0.25) is 0 Å². The maximum atomic E-state index is 4.48. The smallest absolute Gasteiger partial charge is 0.193 e. The minimum absolute atomic E-state index is 0. The molecule has 1 saturated heterocycles. The molecule has 3 rings (SSSR count). The molecule has 7 heteroatoms. The largest absolute Gasteiger partial charge is 0.375 e. The Balaban J connectivity index is 0.00000300. The highest BCUT2D eigenvalue weighted by Gasteiger charge is 2.20. The number of piperazine rings is 1. The lowest BCUT2D eigenvalue weighted by atomic mass is 10.2. The summed E-state index contributed by atoms with van der Waals surface area (Å²) in [5.41, 5.74) is 1.28. The molecule has 1 N–H and O–H groups in total. The highest BCUT2D eigenvalue weighted by molar-refractivity contribution is 14.0. The van der Waals surface area contributed by atoms with E-state index in [1.165, 1.54) is 5.69 Å². The van der Waals surface area contributed by atoms with Crippen LogP contribution < -0.4 is 15.1 Å². The van der Waals surface area contributed by atoms with Gasteiger partial charge in [-0.25, -0.2) is 4.98 Å². The number of unbranched alkanes of at least 4 members (excludes halogenated alkanes) is 1. The highest BCUT2D eigenvalue weighted by Crippen LogP contribution is 2.13. The summed E-state index contributed by atoms with van der Waals surface area (Å²) in [5.74, 6) is 2.07. The number of anilines is 2. The van der Waals surface area contributed by atoms with Gasteiger partial charge in [-0.1, -0.05) is 24.3 Å². The number of pyridine rings is 1. The fraction of sp³-hybridized carbons (Fsp3) is 0.455. The number of aliphatic imine (C=N–C) groups is 1. The molecule has 0 saturated carbocycles. The van der Waals surface area contributed by atoms with Crippen molar-refractivity contribution in [1.29, 1.82) is 0 Å². The zero-order valence-corrected chi connectivity index (χ0v) is 19.8. The van der Waals surface area contributed by atoms with Gasteiger partial charge in [-0.15, -0.1) is 24.0 Å². The molecular weight excluding hydrogens is 475 g/mol. The number of hydrogen-bond acceptors (Lipinski definition) is 4. The Labute approximate surface area is 192 Å². The van der Waals surface area contributed by atoms with Gasteiger partial charge in [0.1, 0.15) is 5.82 Å². The Morgan fingerprint density at radius 3 is 2.41 bits per heavy atom. The summed E-state index contributed by atoms with van der Waals surface area (Å²) in [5, 5.41) is 3.53. The third kappa shape index (κ3) is 7.06. The summed E-state index contributed by atoms with van der Waals surface area (Å²) in [7, 11) is 4.03. The number of rotatable bonds is 7. The maximum Gasteiger partial charge on any atom is 0.193 e. The van der Waals surface area contributed by atoms with Gasteiger partial charge in [0.15, 0.2) is 5.96 Å². The molecule has 0 spiro atoms. The topological polar surface area (TPSA) is 47.0 Å². The lowest BCUT2D eigenvalue weighted by molar-refractivity contribution is 0.371.